The molecule has 0 fully saturated rings. The lowest BCUT2D eigenvalue weighted by Crippen LogP contribution is -2.51. The summed E-state index contributed by atoms with van der Waals surface area (Å²) < 4.78 is 42.9. The van der Waals surface area contributed by atoms with E-state index in [4.69, 9.17) is 0 Å². The van der Waals surface area contributed by atoms with Gasteiger partial charge in [0.15, 0.2) is 0 Å². The Bertz CT molecular complexity index is 1310. The fourth-order valence-corrected chi connectivity index (χ4v) is 5.16. The van der Waals surface area contributed by atoms with Crippen LogP contribution in [-0.4, -0.2) is 44.3 Å². The summed E-state index contributed by atoms with van der Waals surface area (Å²) in [6.07, 6.45) is 0.705. The molecule has 2 amide bonds. The molecular weight excluding hydrogens is 493 g/mol. The highest BCUT2D eigenvalue weighted by molar-refractivity contribution is 7.92. The third-order valence-electron chi connectivity index (χ3n) is 5.95. The third kappa shape index (κ3) is 6.95. The second kappa shape index (κ2) is 12.5. The molecule has 0 bridgehead atoms. The van der Waals surface area contributed by atoms with Crippen LogP contribution in [0.5, 0.6) is 0 Å². The van der Waals surface area contributed by atoms with Crippen molar-refractivity contribution in [2.75, 3.05) is 17.4 Å². The highest BCUT2D eigenvalue weighted by Crippen LogP contribution is 2.25. The molecule has 9 heteroatoms. The molecule has 0 aliphatic heterocycles. The maximum absolute atomic E-state index is 14.5. The van der Waals surface area contributed by atoms with Crippen LogP contribution in [0, 0.1) is 12.7 Å². The summed E-state index contributed by atoms with van der Waals surface area (Å²) >= 11 is 0. The van der Waals surface area contributed by atoms with Crippen molar-refractivity contribution in [3.05, 3.63) is 95.8 Å². The van der Waals surface area contributed by atoms with Gasteiger partial charge in [0.2, 0.25) is 11.8 Å². The smallest absolute Gasteiger partial charge is 0.264 e. The predicted molar refractivity (Wildman–Crippen MR) is 142 cm³/mol. The van der Waals surface area contributed by atoms with E-state index in [-0.39, 0.29) is 17.0 Å². The lowest BCUT2D eigenvalue weighted by molar-refractivity contribution is -0.139. The van der Waals surface area contributed by atoms with E-state index in [9.17, 15) is 22.4 Å². The first-order valence-corrected chi connectivity index (χ1v) is 13.5. The van der Waals surface area contributed by atoms with Gasteiger partial charge in [-0.25, -0.2) is 12.8 Å². The maximum atomic E-state index is 14.5. The fraction of sp³-hybridized carbons (Fsp3) is 0.286. The van der Waals surface area contributed by atoms with Gasteiger partial charge in [-0.3, -0.25) is 13.9 Å². The number of anilines is 1. The van der Waals surface area contributed by atoms with Crippen molar-refractivity contribution >= 4 is 27.5 Å². The number of carbonyl (C=O) groups excluding carboxylic acids is 2. The lowest BCUT2D eigenvalue weighted by Gasteiger charge is -2.32. The van der Waals surface area contributed by atoms with E-state index in [1.54, 1.807) is 55.5 Å². The van der Waals surface area contributed by atoms with Crippen molar-refractivity contribution in [2.24, 2.45) is 0 Å². The summed E-state index contributed by atoms with van der Waals surface area (Å²) in [6, 6.07) is 19.7. The zero-order chi connectivity index (χ0) is 27.0. The third-order valence-corrected chi connectivity index (χ3v) is 7.74. The first-order valence-electron chi connectivity index (χ1n) is 12.1. The Kier molecular flexibility index (Phi) is 9.41. The Hall–Kier alpha value is -3.72. The van der Waals surface area contributed by atoms with Crippen LogP contribution in [0.15, 0.2) is 83.8 Å². The SMILES string of the molecule is CCCNC(=O)[C@@H](C)N(Cc1ccccc1F)C(=O)CN(c1ccccc1)S(=O)(=O)c1ccc(C)cc1. The van der Waals surface area contributed by atoms with Gasteiger partial charge < -0.3 is 10.2 Å². The van der Waals surface area contributed by atoms with Crippen LogP contribution < -0.4 is 9.62 Å². The van der Waals surface area contributed by atoms with Crippen molar-refractivity contribution < 1.29 is 22.4 Å². The number of amides is 2. The summed E-state index contributed by atoms with van der Waals surface area (Å²) in [5.41, 5.74) is 1.41. The Morgan fingerprint density at radius 2 is 1.57 bits per heavy atom. The van der Waals surface area contributed by atoms with E-state index >= 15 is 0 Å². The maximum Gasteiger partial charge on any atom is 0.264 e. The number of carbonyl (C=O) groups is 2. The van der Waals surface area contributed by atoms with Crippen LogP contribution in [-0.2, 0) is 26.2 Å². The van der Waals surface area contributed by atoms with E-state index in [2.05, 4.69) is 5.32 Å². The number of aryl methyl sites for hydroxylation is 1. The van der Waals surface area contributed by atoms with Crippen LogP contribution in [0.1, 0.15) is 31.4 Å². The van der Waals surface area contributed by atoms with Crippen LogP contribution >= 0.6 is 0 Å². The van der Waals surface area contributed by atoms with Gasteiger partial charge in [-0.1, -0.05) is 61.0 Å². The first kappa shape index (κ1) is 27.9. The van der Waals surface area contributed by atoms with Crippen molar-refractivity contribution in [3.8, 4) is 0 Å². The van der Waals surface area contributed by atoms with Crippen molar-refractivity contribution in [3.63, 3.8) is 0 Å². The van der Waals surface area contributed by atoms with Gasteiger partial charge in [-0.05, 0) is 50.6 Å². The van der Waals surface area contributed by atoms with E-state index < -0.39 is 40.2 Å². The van der Waals surface area contributed by atoms with Crippen molar-refractivity contribution in [1.82, 2.24) is 10.2 Å². The topological polar surface area (TPSA) is 86.8 Å². The number of rotatable bonds is 11. The van der Waals surface area contributed by atoms with Gasteiger partial charge in [0.1, 0.15) is 18.4 Å². The van der Waals surface area contributed by atoms with Crippen LogP contribution in [0.25, 0.3) is 0 Å². The van der Waals surface area contributed by atoms with Gasteiger partial charge in [-0.2, -0.15) is 0 Å². The molecule has 1 N–H and O–H groups in total. The molecule has 0 aliphatic rings. The zero-order valence-corrected chi connectivity index (χ0v) is 22.0. The molecular formula is C28H32FN3O4S. The number of para-hydroxylation sites is 1. The van der Waals surface area contributed by atoms with Gasteiger partial charge in [0.05, 0.1) is 10.6 Å². The second-order valence-corrected chi connectivity index (χ2v) is 10.6. The summed E-state index contributed by atoms with van der Waals surface area (Å²) in [5.74, 6) is -1.56. The minimum atomic E-state index is -4.13. The quantitative estimate of drug-likeness (QED) is 0.405. The number of sulfonamides is 1. The molecule has 196 valence electrons. The number of benzene rings is 3. The molecule has 7 nitrogen and oxygen atoms in total. The molecule has 3 rings (SSSR count). The highest BCUT2D eigenvalue weighted by Gasteiger charge is 2.32. The molecule has 0 unspecified atom stereocenters. The van der Waals surface area contributed by atoms with Gasteiger partial charge in [0, 0.05) is 18.7 Å². The Labute approximate surface area is 218 Å². The van der Waals surface area contributed by atoms with Gasteiger partial charge in [0.25, 0.3) is 10.0 Å². The Balaban J connectivity index is 2.00. The number of nitrogens with one attached hydrogen (secondary N) is 1. The second-order valence-electron chi connectivity index (χ2n) is 8.74. The van der Waals surface area contributed by atoms with Gasteiger partial charge in [-0.15, -0.1) is 0 Å². The molecule has 0 radical (unpaired) electrons. The molecule has 37 heavy (non-hydrogen) atoms. The average molecular weight is 526 g/mol. The number of nitrogens with zero attached hydrogens (tertiary/aromatic N) is 2. The molecule has 3 aromatic carbocycles. The largest absolute Gasteiger partial charge is 0.354 e. The summed E-state index contributed by atoms with van der Waals surface area (Å²) in [5, 5.41) is 2.76. The molecule has 0 aliphatic carbocycles. The molecule has 1 atom stereocenters. The molecule has 3 aromatic rings. The van der Waals surface area contributed by atoms with E-state index in [0.717, 1.165) is 9.87 Å². The van der Waals surface area contributed by atoms with Crippen LogP contribution in [0.4, 0.5) is 10.1 Å². The first-order chi connectivity index (χ1) is 17.6. The Morgan fingerprint density at radius 1 is 0.946 bits per heavy atom. The lowest BCUT2D eigenvalue weighted by atomic mass is 10.1. The van der Waals surface area contributed by atoms with E-state index in [1.807, 2.05) is 13.8 Å². The molecule has 0 spiro atoms. The molecule has 0 heterocycles. The number of hydrogen-bond donors (Lipinski definition) is 1. The molecule has 0 saturated heterocycles. The summed E-state index contributed by atoms with van der Waals surface area (Å²) in [6.45, 7) is 4.95. The van der Waals surface area contributed by atoms with Crippen molar-refractivity contribution in [1.29, 1.82) is 0 Å². The highest BCUT2D eigenvalue weighted by atomic mass is 32.2. The minimum absolute atomic E-state index is 0.0316. The van der Waals surface area contributed by atoms with Crippen molar-refractivity contribution in [2.45, 2.75) is 44.7 Å². The molecule has 0 saturated carbocycles. The number of halogens is 1. The summed E-state index contributed by atoms with van der Waals surface area (Å²) in [7, 11) is -4.13. The predicted octanol–water partition coefficient (Wildman–Crippen LogP) is 4.27. The number of hydrogen-bond acceptors (Lipinski definition) is 4. The van der Waals surface area contributed by atoms with E-state index in [1.165, 1.54) is 35.2 Å². The standard InChI is InChI=1S/C28H32FN3O4S/c1-4-18-30-28(34)22(3)31(19-23-10-8-9-13-26(23)29)27(33)20-32(24-11-6-5-7-12-24)37(35,36)25-16-14-21(2)15-17-25/h5-17,22H,4,18-20H2,1-3H3,(H,30,34)/t22-/m1/s1. The van der Waals surface area contributed by atoms with Crippen LogP contribution in [0.3, 0.4) is 0 Å². The average Bonchev–Trinajstić information content (AvgIpc) is 2.90. The van der Waals surface area contributed by atoms with Gasteiger partial charge >= 0.3 is 0 Å². The molecule has 0 aromatic heterocycles. The Morgan fingerprint density at radius 3 is 2.19 bits per heavy atom. The minimum Gasteiger partial charge on any atom is -0.354 e. The fourth-order valence-electron chi connectivity index (χ4n) is 3.75. The monoisotopic (exact) mass is 525 g/mol. The van der Waals surface area contributed by atoms with Crippen LogP contribution in [0.2, 0.25) is 0 Å². The zero-order valence-electron chi connectivity index (χ0n) is 21.2. The van der Waals surface area contributed by atoms with E-state index in [0.29, 0.717) is 18.7 Å². The normalized spacial score (nSPS) is 12.0. The summed E-state index contributed by atoms with van der Waals surface area (Å²) in [4.78, 5) is 27.8.